The molecule has 0 unspecified atom stereocenters. The fourth-order valence-corrected chi connectivity index (χ4v) is 2.54. The van der Waals surface area contributed by atoms with Crippen LogP contribution >= 0.6 is 11.8 Å². The second-order valence-corrected chi connectivity index (χ2v) is 5.09. The molecule has 102 valence electrons. The van der Waals surface area contributed by atoms with Crippen molar-refractivity contribution in [2.75, 3.05) is 19.3 Å². The average molecular weight is 283 g/mol. The van der Waals surface area contributed by atoms with Gasteiger partial charge in [-0.05, 0) is 13.2 Å². The number of carbonyl (C=O) groups excluding carboxylic acids is 1. The molecule has 1 aliphatic heterocycles. The van der Waals surface area contributed by atoms with Crippen molar-refractivity contribution in [2.24, 2.45) is 5.92 Å². The number of hydrogen-bond acceptors (Lipinski definition) is 5. The number of aryl methyl sites for hydroxylation is 1. The number of aromatic nitrogens is 2. The van der Waals surface area contributed by atoms with Gasteiger partial charge in [0, 0.05) is 18.8 Å². The molecule has 2 rings (SSSR count). The molecule has 1 amide bonds. The minimum atomic E-state index is -0.898. The molecule has 1 fully saturated rings. The van der Waals surface area contributed by atoms with Crippen LogP contribution in [0, 0.1) is 12.8 Å². The molecule has 0 spiro atoms. The third kappa shape index (κ3) is 2.48. The number of likely N-dealkylation sites (tertiary alicyclic amines) is 1. The number of carboxylic acids is 1. The van der Waals surface area contributed by atoms with E-state index < -0.39 is 17.6 Å². The molecule has 0 aromatic carbocycles. The van der Waals surface area contributed by atoms with Crippen LogP contribution in [0.25, 0.3) is 0 Å². The quantitative estimate of drug-likeness (QED) is 0.596. The standard InChI is InChI=1S/C11H13N3O4S/c1-5-7(8(19-2)13-11(18)12-5)9(15)14-3-6(4-14)10(16)17/h6H,3-4H2,1-2H3,(H,16,17)(H,12,13,18). The van der Waals surface area contributed by atoms with Gasteiger partial charge in [-0.3, -0.25) is 9.59 Å². The lowest BCUT2D eigenvalue weighted by atomic mass is 9.99. The molecular weight excluding hydrogens is 270 g/mol. The number of carboxylic acid groups (broad SMARTS) is 1. The van der Waals surface area contributed by atoms with Crippen LogP contribution in [0.4, 0.5) is 0 Å². The Labute approximate surface area is 113 Å². The highest BCUT2D eigenvalue weighted by atomic mass is 32.2. The summed E-state index contributed by atoms with van der Waals surface area (Å²) in [5, 5.41) is 9.16. The van der Waals surface area contributed by atoms with Gasteiger partial charge in [-0.15, -0.1) is 11.8 Å². The predicted octanol–water partition coefficient (Wildman–Crippen LogP) is -0.0432. The highest BCUT2D eigenvalue weighted by Gasteiger charge is 2.37. The van der Waals surface area contributed by atoms with Crippen LogP contribution in [-0.4, -0.2) is 51.2 Å². The summed E-state index contributed by atoms with van der Waals surface area (Å²) in [5.74, 6) is -1.69. The van der Waals surface area contributed by atoms with Gasteiger partial charge in [0.2, 0.25) is 0 Å². The van der Waals surface area contributed by atoms with Gasteiger partial charge in [-0.25, -0.2) is 4.79 Å². The fourth-order valence-electron chi connectivity index (χ4n) is 1.92. The smallest absolute Gasteiger partial charge is 0.346 e. The Bertz CT molecular complexity index is 592. The average Bonchev–Trinajstić information content (AvgIpc) is 2.24. The van der Waals surface area contributed by atoms with Crippen LogP contribution < -0.4 is 5.69 Å². The van der Waals surface area contributed by atoms with Crippen LogP contribution in [-0.2, 0) is 4.79 Å². The van der Waals surface area contributed by atoms with Crippen molar-refractivity contribution in [3.05, 3.63) is 21.7 Å². The maximum atomic E-state index is 12.3. The highest BCUT2D eigenvalue weighted by molar-refractivity contribution is 7.98. The third-order valence-electron chi connectivity index (χ3n) is 3.01. The molecule has 1 aliphatic rings. The van der Waals surface area contributed by atoms with Crippen LogP contribution in [0.1, 0.15) is 16.1 Å². The van der Waals surface area contributed by atoms with Gasteiger partial charge in [0.15, 0.2) is 0 Å². The van der Waals surface area contributed by atoms with Crippen molar-refractivity contribution < 1.29 is 14.7 Å². The first-order chi connectivity index (χ1) is 8.93. The van der Waals surface area contributed by atoms with E-state index in [1.165, 1.54) is 16.7 Å². The van der Waals surface area contributed by atoms with E-state index in [1.807, 2.05) is 0 Å². The Balaban J connectivity index is 2.26. The zero-order chi connectivity index (χ0) is 14.2. The molecule has 7 nitrogen and oxygen atoms in total. The summed E-state index contributed by atoms with van der Waals surface area (Å²) in [5.41, 5.74) is 0.300. The second kappa shape index (κ2) is 5.04. The molecule has 0 aliphatic carbocycles. The molecule has 2 N–H and O–H groups in total. The number of nitrogens with one attached hydrogen (secondary N) is 1. The summed E-state index contributed by atoms with van der Waals surface area (Å²) in [4.78, 5) is 41.9. The number of H-pyrrole nitrogens is 1. The van der Waals surface area contributed by atoms with Crippen molar-refractivity contribution in [1.29, 1.82) is 0 Å². The molecule has 1 aromatic rings. The van der Waals surface area contributed by atoms with E-state index in [9.17, 15) is 14.4 Å². The summed E-state index contributed by atoms with van der Waals surface area (Å²) < 4.78 is 0. The first-order valence-electron chi connectivity index (χ1n) is 5.61. The third-order valence-corrected chi connectivity index (χ3v) is 3.69. The first kappa shape index (κ1) is 13.6. The number of aromatic amines is 1. The molecule has 19 heavy (non-hydrogen) atoms. The number of aliphatic carboxylic acids is 1. The SMILES string of the molecule is CSc1nc(=O)[nH]c(C)c1C(=O)N1CC(C(=O)O)C1. The lowest BCUT2D eigenvalue weighted by molar-refractivity contribution is -0.146. The zero-order valence-electron chi connectivity index (χ0n) is 10.5. The summed E-state index contributed by atoms with van der Waals surface area (Å²) >= 11 is 1.22. The molecular formula is C11H13N3O4S. The van der Waals surface area contributed by atoms with Gasteiger partial charge >= 0.3 is 11.7 Å². The summed E-state index contributed by atoms with van der Waals surface area (Å²) in [7, 11) is 0. The van der Waals surface area contributed by atoms with Crippen molar-refractivity contribution in [3.8, 4) is 0 Å². The second-order valence-electron chi connectivity index (χ2n) is 4.30. The van der Waals surface area contributed by atoms with Crippen LogP contribution in [0.15, 0.2) is 9.82 Å². The Hall–Kier alpha value is -1.83. The highest BCUT2D eigenvalue weighted by Crippen LogP contribution is 2.24. The summed E-state index contributed by atoms with van der Waals surface area (Å²) in [6.07, 6.45) is 1.73. The molecule has 1 aromatic heterocycles. The van der Waals surface area contributed by atoms with E-state index in [0.29, 0.717) is 16.3 Å². The van der Waals surface area contributed by atoms with Crippen LogP contribution in [0.3, 0.4) is 0 Å². The Morgan fingerprint density at radius 3 is 2.63 bits per heavy atom. The zero-order valence-corrected chi connectivity index (χ0v) is 11.3. The van der Waals surface area contributed by atoms with Gasteiger partial charge in [0.05, 0.1) is 11.5 Å². The Morgan fingerprint density at radius 2 is 2.11 bits per heavy atom. The molecule has 8 heteroatoms. The largest absolute Gasteiger partial charge is 0.481 e. The van der Waals surface area contributed by atoms with E-state index >= 15 is 0 Å². The number of thioether (sulfide) groups is 1. The normalized spacial score (nSPS) is 15.2. The van der Waals surface area contributed by atoms with E-state index in [4.69, 9.17) is 5.11 Å². The van der Waals surface area contributed by atoms with E-state index in [1.54, 1.807) is 13.2 Å². The Morgan fingerprint density at radius 1 is 1.47 bits per heavy atom. The fraction of sp³-hybridized carbons (Fsp3) is 0.455. The Kier molecular flexibility index (Phi) is 3.61. The summed E-state index contributed by atoms with van der Waals surface area (Å²) in [6.45, 7) is 2.02. The molecule has 0 atom stereocenters. The number of hydrogen-bond donors (Lipinski definition) is 2. The van der Waals surface area contributed by atoms with Crippen LogP contribution in [0.2, 0.25) is 0 Å². The van der Waals surface area contributed by atoms with Gasteiger partial charge in [0.1, 0.15) is 5.03 Å². The van der Waals surface area contributed by atoms with E-state index in [2.05, 4.69) is 9.97 Å². The monoisotopic (exact) mass is 283 g/mol. The van der Waals surface area contributed by atoms with E-state index in [0.717, 1.165) is 0 Å². The minimum Gasteiger partial charge on any atom is -0.481 e. The molecule has 1 saturated heterocycles. The number of rotatable bonds is 3. The molecule has 0 saturated carbocycles. The number of nitrogens with zero attached hydrogens (tertiary/aromatic N) is 2. The summed E-state index contributed by atoms with van der Waals surface area (Å²) in [6, 6.07) is 0. The molecule has 2 heterocycles. The lowest BCUT2D eigenvalue weighted by Crippen LogP contribution is -2.53. The number of amides is 1. The minimum absolute atomic E-state index is 0.195. The van der Waals surface area contributed by atoms with Crippen LogP contribution in [0.5, 0.6) is 0 Å². The number of carbonyl (C=O) groups is 2. The van der Waals surface area contributed by atoms with Gasteiger partial charge in [-0.1, -0.05) is 0 Å². The van der Waals surface area contributed by atoms with Crippen molar-refractivity contribution in [3.63, 3.8) is 0 Å². The van der Waals surface area contributed by atoms with Gasteiger partial charge in [-0.2, -0.15) is 4.98 Å². The molecule has 0 radical (unpaired) electrons. The lowest BCUT2D eigenvalue weighted by Gasteiger charge is -2.37. The first-order valence-corrected chi connectivity index (χ1v) is 6.83. The maximum absolute atomic E-state index is 12.3. The molecule has 0 bridgehead atoms. The van der Waals surface area contributed by atoms with Crippen molar-refractivity contribution in [2.45, 2.75) is 11.9 Å². The van der Waals surface area contributed by atoms with Crippen molar-refractivity contribution >= 4 is 23.6 Å². The maximum Gasteiger partial charge on any atom is 0.346 e. The van der Waals surface area contributed by atoms with Crippen molar-refractivity contribution in [1.82, 2.24) is 14.9 Å². The van der Waals surface area contributed by atoms with Gasteiger partial charge in [0.25, 0.3) is 5.91 Å². The van der Waals surface area contributed by atoms with Gasteiger partial charge < -0.3 is 15.0 Å². The topological polar surface area (TPSA) is 103 Å². The predicted molar refractivity (Wildman–Crippen MR) is 68.4 cm³/mol. The van der Waals surface area contributed by atoms with E-state index in [-0.39, 0.29) is 19.0 Å².